The Bertz CT molecular complexity index is 694. The first-order valence-electron chi connectivity index (χ1n) is 6.21. The minimum atomic E-state index is -0.479. The van der Waals surface area contributed by atoms with Crippen LogP contribution in [0.5, 0.6) is 0 Å². The van der Waals surface area contributed by atoms with Crippen LogP contribution in [0.3, 0.4) is 0 Å². The summed E-state index contributed by atoms with van der Waals surface area (Å²) in [5.41, 5.74) is 1.56. The Kier molecular flexibility index (Phi) is 4.40. The predicted molar refractivity (Wildman–Crippen MR) is 79.7 cm³/mol. The van der Waals surface area contributed by atoms with E-state index in [1.165, 1.54) is 24.3 Å². The highest BCUT2D eigenvalue weighted by atomic mass is 16.6. The van der Waals surface area contributed by atoms with Gasteiger partial charge in [0.25, 0.3) is 5.69 Å². The van der Waals surface area contributed by atoms with Crippen molar-refractivity contribution in [3.05, 3.63) is 69.9 Å². The summed E-state index contributed by atoms with van der Waals surface area (Å²) in [7, 11) is 0. The van der Waals surface area contributed by atoms with Crippen LogP contribution < -0.4 is 5.32 Å². The molecule has 1 aromatic heterocycles. The van der Waals surface area contributed by atoms with E-state index >= 15 is 0 Å². The molecule has 0 saturated carbocycles. The van der Waals surface area contributed by atoms with Crippen LogP contribution in [0.4, 0.5) is 11.5 Å². The van der Waals surface area contributed by atoms with Crippen LogP contribution in [-0.2, 0) is 4.79 Å². The van der Waals surface area contributed by atoms with E-state index in [0.29, 0.717) is 11.4 Å². The zero-order valence-corrected chi connectivity index (χ0v) is 11.3. The molecule has 21 heavy (non-hydrogen) atoms. The van der Waals surface area contributed by atoms with Gasteiger partial charge in [-0.25, -0.2) is 4.98 Å². The number of pyridine rings is 1. The molecule has 2 aromatic rings. The number of carbonyl (C=O) groups is 1. The molecule has 0 fully saturated rings. The van der Waals surface area contributed by atoms with E-state index in [4.69, 9.17) is 0 Å². The molecule has 1 N–H and O–H groups in total. The molecule has 6 nitrogen and oxygen atoms in total. The lowest BCUT2D eigenvalue weighted by Gasteiger charge is -2.01. The maximum atomic E-state index is 11.7. The van der Waals surface area contributed by atoms with Gasteiger partial charge in [0.05, 0.1) is 4.92 Å². The van der Waals surface area contributed by atoms with E-state index in [1.807, 2.05) is 13.0 Å². The van der Waals surface area contributed by atoms with E-state index in [2.05, 4.69) is 10.3 Å². The van der Waals surface area contributed by atoms with Gasteiger partial charge < -0.3 is 5.32 Å². The predicted octanol–water partition coefficient (Wildman–Crippen LogP) is 2.95. The first-order chi connectivity index (χ1) is 10.0. The monoisotopic (exact) mass is 283 g/mol. The quantitative estimate of drug-likeness (QED) is 0.531. The molecule has 0 radical (unpaired) electrons. The van der Waals surface area contributed by atoms with Gasteiger partial charge in [-0.05, 0) is 30.2 Å². The van der Waals surface area contributed by atoms with Crippen molar-refractivity contribution in [3.63, 3.8) is 0 Å². The Balaban J connectivity index is 2.03. The summed E-state index contributed by atoms with van der Waals surface area (Å²) in [4.78, 5) is 25.9. The highest BCUT2D eigenvalue weighted by Gasteiger charge is 2.04. The molecule has 1 amide bonds. The van der Waals surface area contributed by atoms with Crippen LogP contribution in [0.15, 0.2) is 48.7 Å². The van der Waals surface area contributed by atoms with Crippen molar-refractivity contribution in [1.82, 2.24) is 4.98 Å². The normalized spacial score (nSPS) is 10.5. The third kappa shape index (κ3) is 4.24. The van der Waals surface area contributed by atoms with Crippen molar-refractivity contribution in [2.75, 3.05) is 5.32 Å². The van der Waals surface area contributed by atoms with Crippen LogP contribution in [0, 0.1) is 17.0 Å². The maximum absolute atomic E-state index is 11.7. The van der Waals surface area contributed by atoms with Gasteiger partial charge in [0.15, 0.2) is 0 Å². The van der Waals surface area contributed by atoms with E-state index in [0.717, 1.165) is 5.56 Å². The van der Waals surface area contributed by atoms with Gasteiger partial charge in [-0.15, -0.1) is 0 Å². The summed E-state index contributed by atoms with van der Waals surface area (Å²) in [5, 5.41) is 13.3. The van der Waals surface area contributed by atoms with Gasteiger partial charge in [0, 0.05) is 24.4 Å². The minimum Gasteiger partial charge on any atom is -0.307 e. The van der Waals surface area contributed by atoms with E-state index in [1.54, 1.807) is 24.4 Å². The molecule has 0 aliphatic rings. The van der Waals surface area contributed by atoms with Crippen molar-refractivity contribution in [2.24, 2.45) is 0 Å². The summed E-state index contributed by atoms with van der Waals surface area (Å²) in [6.45, 7) is 1.90. The van der Waals surface area contributed by atoms with Gasteiger partial charge in [0.2, 0.25) is 5.91 Å². The number of hydrogen-bond acceptors (Lipinski definition) is 4. The molecule has 1 heterocycles. The van der Waals surface area contributed by atoms with Gasteiger partial charge in [-0.2, -0.15) is 0 Å². The fourth-order valence-corrected chi connectivity index (χ4v) is 1.62. The number of carbonyl (C=O) groups excluding carboxylic acids is 1. The maximum Gasteiger partial charge on any atom is 0.270 e. The minimum absolute atomic E-state index is 0.0160. The molecule has 2 rings (SSSR count). The lowest BCUT2D eigenvalue weighted by molar-refractivity contribution is -0.384. The fraction of sp³-hybridized carbons (Fsp3) is 0.0667. The van der Waals surface area contributed by atoms with Crippen molar-refractivity contribution in [2.45, 2.75) is 6.92 Å². The number of non-ortho nitro benzene ring substituents is 1. The van der Waals surface area contributed by atoms with Gasteiger partial charge >= 0.3 is 0 Å². The third-order valence-corrected chi connectivity index (χ3v) is 2.67. The molecular weight excluding hydrogens is 270 g/mol. The number of hydrogen-bond donors (Lipinski definition) is 1. The molecule has 0 aliphatic carbocycles. The highest BCUT2D eigenvalue weighted by Crippen LogP contribution is 2.14. The number of amides is 1. The molecule has 0 aliphatic heterocycles. The molecule has 0 unspecified atom stereocenters. The first-order valence-corrected chi connectivity index (χ1v) is 6.21. The molecule has 0 spiro atoms. The Morgan fingerprint density at radius 3 is 2.81 bits per heavy atom. The topological polar surface area (TPSA) is 85.1 Å². The molecule has 0 saturated heterocycles. The van der Waals surface area contributed by atoms with Crippen molar-refractivity contribution in [3.8, 4) is 0 Å². The summed E-state index contributed by atoms with van der Waals surface area (Å²) in [5.74, 6) is 0.104. The van der Waals surface area contributed by atoms with Gasteiger partial charge in [-0.1, -0.05) is 18.2 Å². The number of nitrogens with one attached hydrogen (secondary N) is 1. The van der Waals surface area contributed by atoms with E-state index in [9.17, 15) is 14.9 Å². The van der Waals surface area contributed by atoms with Crippen LogP contribution in [0.1, 0.15) is 11.1 Å². The Morgan fingerprint density at radius 2 is 2.14 bits per heavy atom. The third-order valence-electron chi connectivity index (χ3n) is 2.67. The lowest BCUT2D eigenvalue weighted by atomic mass is 10.2. The molecule has 6 heteroatoms. The number of aryl methyl sites for hydroxylation is 1. The van der Waals surface area contributed by atoms with Crippen LogP contribution in [-0.4, -0.2) is 15.8 Å². The number of rotatable bonds is 4. The summed E-state index contributed by atoms with van der Waals surface area (Å²) >= 11 is 0. The van der Waals surface area contributed by atoms with Crippen molar-refractivity contribution < 1.29 is 9.72 Å². The molecule has 1 aromatic carbocycles. The van der Waals surface area contributed by atoms with Crippen molar-refractivity contribution >= 4 is 23.5 Å². The Hall–Kier alpha value is -3.02. The Labute approximate surface area is 121 Å². The number of nitro benzene ring substituents is 1. The average Bonchev–Trinajstić information content (AvgIpc) is 2.48. The number of benzene rings is 1. The average molecular weight is 283 g/mol. The van der Waals surface area contributed by atoms with Crippen molar-refractivity contribution in [1.29, 1.82) is 0 Å². The first kappa shape index (κ1) is 14.4. The lowest BCUT2D eigenvalue weighted by Crippen LogP contribution is -2.08. The van der Waals surface area contributed by atoms with E-state index in [-0.39, 0.29) is 11.6 Å². The number of nitro groups is 1. The summed E-state index contributed by atoms with van der Waals surface area (Å²) in [6.07, 6.45) is 4.47. The largest absolute Gasteiger partial charge is 0.307 e. The van der Waals surface area contributed by atoms with Gasteiger partial charge in [0.1, 0.15) is 5.82 Å². The summed E-state index contributed by atoms with van der Waals surface area (Å²) < 4.78 is 0. The number of aromatic nitrogens is 1. The molecule has 106 valence electrons. The summed E-state index contributed by atoms with van der Waals surface area (Å²) in [6, 6.07) is 9.58. The smallest absolute Gasteiger partial charge is 0.270 e. The van der Waals surface area contributed by atoms with E-state index < -0.39 is 4.92 Å². The standard InChI is InChI=1S/C15H13N3O3/c1-11-5-7-14(16-10-11)17-15(19)8-6-12-3-2-4-13(9-12)18(20)21/h2-10H,1H3,(H,16,17,19)/b8-6+. The molecular formula is C15H13N3O3. The zero-order chi connectivity index (χ0) is 15.2. The van der Waals surface area contributed by atoms with Crippen LogP contribution in [0.2, 0.25) is 0 Å². The van der Waals surface area contributed by atoms with Crippen LogP contribution in [0.25, 0.3) is 6.08 Å². The SMILES string of the molecule is Cc1ccc(NC(=O)/C=C/c2cccc([N+](=O)[O-])c2)nc1. The fourth-order valence-electron chi connectivity index (χ4n) is 1.62. The van der Waals surface area contributed by atoms with Gasteiger partial charge in [-0.3, -0.25) is 14.9 Å². The van der Waals surface area contributed by atoms with Crippen LogP contribution >= 0.6 is 0 Å². The second-order valence-corrected chi connectivity index (χ2v) is 4.40. The molecule has 0 atom stereocenters. The Morgan fingerprint density at radius 1 is 1.33 bits per heavy atom. The zero-order valence-electron chi connectivity index (χ0n) is 11.3. The highest BCUT2D eigenvalue weighted by molar-refractivity contribution is 6.01. The second kappa shape index (κ2) is 6.42. The second-order valence-electron chi connectivity index (χ2n) is 4.40. The number of anilines is 1. The molecule has 0 bridgehead atoms. The number of nitrogens with zero attached hydrogens (tertiary/aromatic N) is 2.